The number of amides is 1. The Labute approximate surface area is 161 Å². The number of hydrogen-bond acceptors (Lipinski definition) is 3. The van der Waals surface area contributed by atoms with Crippen LogP contribution in [0.3, 0.4) is 0 Å². The van der Waals surface area contributed by atoms with Crippen molar-refractivity contribution in [2.45, 2.75) is 57.5 Å². The molecular formula is C22H30N4O. The Morgan fingerprint density at radius 1 is 1.22 bits per heavy atom. The lowest BCUT2D eigenvalue weighted by Gasteiger charge is -2.32. The van der Waals surface area contributed by atoms with E-state index in [9.17, 15) is 4.79 Å². The number of hydrogen-bond donors (Lipinski definition) is 1. The standard InChI is InChI=1S/C22H30N4O/c1-2-25-14-4-7-19(25)16-26(15-17-8-11-23-12-9-17)22(27)20-10-13-24-21(20)18-5-3-6-18/h8-13,18-19,24H,2-7,14-16H2,1H3. The van der Waals surface area contributed by atoms with E-state index in [1.54, 1.807) is 0 Å². The molecule has 1 aliphatic carbocycles. The fourth-order valence-corrected chi connectivity index (χ4v) is 4.47. The zero-order valence-corrected chi connectivity index (χ0v) is 16.2. The first kappa shape index (κ1) is 18.2. The van der Waals surface area contributed by atoms with Crippen LogP contribution in [-0.2, 0) is 6.54 Å². The Hall–Kier alpha value is -2.14. The summed E-state index contributed by atoms with van der Waals surface area (Å²) >= 11 is 0. The second kappa shape index (κ2) is 8.26. The molecule has 1 N–H and O–H groups in total. The summed E-state index contributed by atoms with van der Waals surface area (Å²) in [5, 5.41) is 0. The van der Waals surface area contributed by atoms with Gasteiger partial charge < -0.3 is 9.88 Å². The van der Waals surface area contributed by atoms with E-state index in [4.69, 9.17) is 0 Å². The predicted molar refractivity (Wildman–Crippen MR) is 107 cm³/mol. The van der Waals surface area contributed by atoms with E-state index < -0.39 is 0 Å². The topological polar surface area (TPSA) is 52.2 Å². The molecule has 27 heavy (non-hydrogen) atoms. The monoisotopic (exact) mass is 366 g/mol. The van der Waals surface area contributed by atoms with E-state index in [-0.39, 0.29) is 5.91 Å². The number of nitrogens with zero attached hydrogens (tertiary/aromatic N) is 3. The third kappa shape index (κ3) is 3.93. The zero-order valence-electron chi connectivity index (χ0n) is 16.2. The van der Waals surface area contributed by atoms with Crippen LogP contribution in [0.1, 0.15) is 66.6 Å². The van der Waals surface area contributed by atoms with Crippen molar-refractivity contribution in [1.82, 2.24) is 19.8 Å². The van der Waals surface area contributed by atoms with Crippen LogP contribution < -0.4 is 0 Å². The molecule has 1 aliphatic heterocycles. The summed E-state index contributed by atoms with van der Waals surface area (Å²) in [5.41, 5.74) is 3.15. The van der Waals surface area contributed by atoms with E-state index in [0.717, 1.165) is 36.5 Å². The third-order valence-electron chi connectivity index (χ3n) is 6.27. The van der Waals surface area contributed by atoms with Gasteiger partial charge in [0.15, 0.2) is 0 Å². The molecule has 1 amide bonds. The Morgan fingerprint density at radius 2 is 2.04 bits per heavy atom. The van der Waals surface area contributed by atoms with Gasteiger partial charge in [-0.15, -0.1) is 0 Å². The Bertz CT molecular complexity index is 753. The van der Waals surface area contributed by atoms with Crippen LogP contribution in [0.4, 0.5) is 0 Å². The fraction of sp³-hybridized carbons (Fsp3) is 0.545. The molecule has 144 valence electrons. The lowest BCUT2D eigenvalue weighted by atomic mass is 9.81. The van der Waals surface area contributed by atoms with Crippen molar-refractivity contribution < 1.29 is 4.79 Å². The van der Waals surface area contributed by atoms with E-state index in [0.29, 0.717) is 18.5 Å². The number of aromatic amines is 1. The van der Waals surface area contributed by atoms with Gasteiger partial charge in [-0.05, 0) is 68.5 Å². The minimum atomic E-state index is 0.165. The molecule has 0 bridgehead atoms. The van der Waals surface area contributed by atoms with E-state index in [2.05, 4.69) is 26.7 Å². The molecular weight excluding hydrogens is 336 g/mol. The second-order valence-electron chi connectivity index (χ2n) is 7.90. The van der Waals surface area contributed by atoms with E-state index >= 15 is 0 Å². The maximum atomic E-state index is 13.5. The highest BCUT2D eigenvalue weighted by molar-refractivity contribution is 5.95. The summed E-state index contributed by atoms with van der Waals surface area (Å²) in [7, 11) is 0. The zero-order chi connectivity index (χ0) is 18.6. The Balaban J connectivity index is 1.56. The average Bonchev–Trinajstić information content (AvgIpc) is 3.29. The van der Waals surface area contributed by atoms with Crippen molar-refractivity contribution >= 4 is 5.91 Å². The van der Waals surface area contributed by atoms with Gasteiger partial charge in [-0.1, -0.05) is 13.3 Å². The third-order valence-corrected chi connectivity index (χ3v) is 6.27. The molecule has 1 unspecified atom stereocenters. The SMILES string of the molecule is CCN1CCCC1CN(Cc1ccncc1)C(=O)c1cc[nH]c1C1CCC1. The van der Waals surface area contributed by atoms with Crippen molar-refractivity contribution in [1.29, 1.82) is 0 Å². The fourth-order valence-electron chi connectivity index (χ4n) is 4.47. The van der Waals surface area contributed by atoms with Gasteiger partial charge in [0.05, 0.1) is 5.56 Å². The van der Waals surface area contributed by atoms with Gasteiger partial charge >= 0.3 is 0 Å². The van der Waals surface area contributed by atoms with Crippen LogP contribution in [-0.4, -0.2) is 51.4 Å². The summed E-state index contributed by atoms with van der Waals surface area (Å²) in [5.74, 6) is 0.693. The largest absolute Gasteiger partial charge is 0.364 e. The van der Waals surface area contributed by atoms with Crippen LogP contribution in [0.2, 0.25) is 0 Å². The summed E-state index contributed by atoms with van der Waals surface area (Å²) in [6.07, 6.45) is 11.6. The Kier molecular flexibility index (Phi) is 5.58. The smallest absolute Gasteiger partial charge is 0.256 e. The molecule has 5 nitrogen and oxygen atoms in total. The van der Waals surface area contributed by atoms with Gasteiger partial charge in [-0.3, -0.25) is 14.7 Å². The van der Waals surface area contributed by atoms with E-state index in [1.807, 2.05) is 36.8 Å². The van der Waals surface area contributed by atoms with Crippen molar-refractivity contribution in [3.63, 3.8) is 0 Å². The molecule has 1 atom stereocenters. The number of rotatable bonds is 7. The summed E-state index contributed by atoms with van der Waals surface area (Å²) < 4.78 is 0. The highest BCUT2D eigenvalue weighted by Gasteiger charge is 2.31. The summed E-state index contributed by atoms with van der Waals surface area (Å²) in [4.78, 5) is 25.6. The number of pyridine rings is 1. The number of H-pyrrole nitrogens is 1. The molecule has 0 radical (unpaired) electrons. The number of aromatic nitrogens is 2. The first-order valence-corrected chi connectivity index (χ1v) is 10.4. The van der Waals surface area contributed by atoms with Gasteiger partial charge in [0.2, 0.25) is 0 Å². The van der Waals surface area contributed by atoms with Gasteiger partial charge in [0, 0.05) is 43.4 Å². The number of carbonyl (C=O) groups excluding carboxylic acids is 1. The number of likely N-dealkylation sites (N-methyl/N-ethyl adjacent to an activating group) is 1. The number of likely N-dealkylation sites (tertiary alicyclic amines) is 1. The molecule has 2 fully saturated rings. The molecule has 2 aromatic heterocycles. The maximum Gasteiger partial charge on any atom is 0.256 e. The highest BCUT2D eigenvalue weighted by atomic mass is 16.2. The number of carbonyl (C=O) groups is 1. The molecule has 1 saturated heterocycles. The van der Waals surface area contributed by atoms with Crippen molar-refractivity contribution in [3.05, 3.63) is 53.6 Å². The molecule has 2 aliphatic rings. The lowest BCUT2D eigenvalue weighted by Crippen LogP contribution is -2.43. The van der Waals surface area contributed by atoms with Crippen LogP contribution in [0.5, 0.6) is 0 Å². The van der Waals surface area contributed by atoms with E-state index in [1.165, 1.54) is 32.1 Å². The minimum absolute atomic E-state index is 0.165. The van der Waals surface area contributed by atoms with Crippen molar-refractivity contribution in [2.75, 3.05) is 19.6 Å². The molecule has 2 aromatic rings. The maximum absolute atomic E-state index is 13.5. The molecule has 0 aromatic carbocycles. The first-order valence-electron chi connectivity index (χ1n) is 10.4. The van der Waals surface area contributed by atoms with Gasteiger partial charge in [0.25, 0.3) is 5.91 Å². The molecule has 0 spiro atoms. The second-order valence-corrected chi connectivity index (χ2v) is 7.90. The number of nitrogens with one attached hydrogen (secondary N) is 1. The average molecular weight is 367 g/mol. The van der Waals surface area contributed by atoms with Crippen LogP contribution in [0.25, 0.3) is 0 Å². The molecule has 4 rings (SSSR count). The normalized spacial score (nSPS) is 20.6. The molecule has 3 heterocycles. The van der Waals surface area contributed by atoms with Crippen molar-refractivity contribution in [3.8, 4) is 0 Å². The van der Waals surface area contributed by atoms with Crippen LogP contribution in [0, 0.1) is 0 Å². The van der Waals surface area contributed by atoms with Gasteiger partial charge in [-0.25, -0.2) is 0 Å². The summed E-state index contributed by atoms with van der Waals surface area (Å²) in [6, 6.07) is 6.46. The highest BCUT2D eigenvalue weighted by Crippen LogP contribution is 2.37. The molecule has 1 saturated carbocycles. The minimum Gasteiger partial charge on any atom is -0.364 e. The summed E-state index contributed by atoms with van der Waals surface area (Å²) in [6.45, 7) is 5.86. The lowest BCUT2D eigenvalue weighted by molar-refractivity contribution is 0.0690. The first-order chi connectivity index (χ1) is 13.3. The van der Waals surface area contributed by atoms with Crippen molar-refractivity contribution in [2.24, 2.45) is 0 Å². The molecule has 5 heteroatoms. The predicted octanol–water partition coefficient (Wildman–Crippen LogP) is 3.80. The van der Waals surface area contributed by atoms with Crippen LogP contribution in [0.15, 0.2) is 36.8 Å². The quantitative estimate of drug-likeness (QED) is 0.811. The van der Waals surface area contributed by atoms with Gasteiger partial charge in [0.1, 0.15) is 0 Å². The van der Waals surface area contributed by atoms with Gasteiger partial charge in [-0.2, -0.15) is 0 Å². The van der Waals surface area contributed by atoms with Crippen LogP contribution >= 0.6 is 0 Å². The Morgan fingerprint density at radius 3 is 2.74 bits per heavy atom.